The van der Waals surface area contributed by atoms with Gasteiger partial charge in [-0.1, -0.05) is 0 Å². The molecule has 0 aliphatic rings. The van der Waals surface area contributed by atoms with Crippen LogP contribution in [0.4, 0.5) is 0 Å². The summed E-state index contributed by atoms with van der Waals surface area (Å²) in [6.07, 6.45) is -2.54. The summed E-state index contributed by atoms with van der Waals surface area (Å²) in [5.74, 6) is -2.85. The minimum absolute atomic E-state index is 0. The van der Waals surface area contributed by atoms with Gasteiger partial charge in [0.15, 0.2) is 6.10 Å². The first kappa shape index (κ1) is 23.6. The number of rotatable bonds is 3. The number of hydrogen-bond donors (Lipinski definition) is 3. The average Bonchev–Trinajstić information content (AvgIpc) is 1.63. The molecule has 0 fully saturated rings. The van der Waals surface area contributed by atoms with Gasteiger partial charge in [0, 0.05) is 0 Å². The van der Waals surface area contributed by atoms with Gasteiger partial charge in [-0.05, 0) is 0 Å². The van der Waals surface area contributed by atoms with Gasteiger partial charge in [-0.25, -0.2) is 4.79 Å². The Morgan fingerprint density at radius 1 is 1.17 bits per heavy atom. The van der Waals surface area contributed by atoms with Gasteiger partial charge in [-0.15, -0.1) is 0 Å². The number of aliphatic carboxylic acids is 2. The molecule has 0 saturated heterocycles. The van der Waals surface area contributed by atoms with Crippen LogP contribution in [0.15, 0.2) is 0 Å². The summed E-state index contributed by atoms with van der Waals surface area (Å²) in [5.41, 5.74) is 0. The van der Waals surface area contributed by atoms with Crippen LogP contribution in [0.1, 0.15) is 10.7 Å². The van der Waals surface area contributed by atoms with Gasteiger partial charge in [-0.2, -0.15) is 0 Å². The first-order chi connectivity index (χ1) is 4.04. The molecular weight excluding hydrogens is 197 g/mol. The van der Waals surface area contributed by atoms with Gasteiger partial charge >= 0.3 is 101 Å². The fourth-order valence-electron chi connectivity index (χ4n) is 0.253. The Morgan fingerprint density at radius 2 is 1.50 bits per heavy atom. The zero-order valence-corrected chi connectivity index (χ0v) is 13.4. The van der Waals surface area contributed by atoms with E-state index in [1.54, 1.807) is 0 Å². The van der Waals surface area contributed by atoms with Crippen molar-refractivity contribution in [2.45, 2.75) is 12.5 Å². The van der Waals surface area contributed by atoms with Crippen molar-refractivity contribution in [2.24, 2.45) is 0 Å². The Kier molecular flexibility index (Phi) is 25.4. The zero-order chi connectivity index (χ0) is 7.44. The van der Waals surface area contributed by atoms with E-state index in [1.165, 1.54) is 0 Å². The Hall–Kier alpha value is 1.90. The molecule has 0 aromatic rings. The van der Waals surface area contributed by atoms with Crippen LogP contribution in [0.3, 0.4) is 0 Å². The van der Waals surface area contributed by atoms with Crippen molar-refractivity contribution in [3.63, 3.8) is 0 Å². The van der Waals surface area contributed by atoms with Gasteiger partial charge in [0.2, 0.25) is 0 Å². The summed E-state index contributed by atoms with van der Waals surface area (Å²) in [7, 11) is 0. The monoisotopic (exact) mass is 206 g/mol. The molecule has 58 valence electrons. The Balaban J connectivity index is -0.0000000213. The van der Waals surface area contributed by atoms with Crippen LogP contribution in [-0.2, 0) is 9.59 Å². The second-order valence-corrected chi connectivity index (χ2v) is 1.45. The van der Waals surface area contributed by atoms with Crippen molar-refractivity contribution in [1.82, 2.24) is 0 Å². The van der Waals surface area contributed by atoms with Crippen molar-refractivity contribution < 1.29 is 118 Å². The number of hydrogen-bond acceptors (Lipinski definition) is 3. The van der Waals surface area contributed by atoms with Gasteiger partial charge < -0.3 is 19.6 Å². The molecule has 8 heteroatoms. The maximum Gasteiger partial charge on any atom is 1.00 e. The van der Waals surface area contributed by atoms with Gasteiger partial charge in [0.25, 0.3) is 0 Å². The summed E-state index contributed by atoms with van der Waals surface area (Å²) in [4.78, 5) is 19.4. The van der Waals surface area contributed by atoms with Gasteiger partial charge in [0.1, 0.15) is 0 Å². The second-order valence-electron chi connectivity index (χ2n) is 1.45. The van der Waals surface area contributed by atoms with Crippen molar-refractivity contribution in [3.8, 4) is 0 Å². The van der Waals surface area contributed by atoms with Crippen molar-refractivity contribution in [2.75, 3.05) is 0 Å². The van der Waals surface area contributed by atoms with Crippen molar-refractivity contribution >= 4 is 11.9 Å². The van der Waals surface area contributed by atoms with E-state index in [4.69, 9.17) is 15.3 Å². The third kappa shape index (κ3) is 14.4. The average molecular weight is 206 g/mol. The molecule has 12 heavy (non-hydrogen) atoms. The predicted octanol–water partition coefficient (Wildman–Crippen LogP) is -9.74. The number of aliphatic hydroxyl groups is 1. The SMILES string of the molecule is O=C(O)CC(O)C(=O)O.[H-].[H-].[H-].[Na+].[Na+].[Na+]. The molecular formula is C4H9Na3O5. The molecule has 1 unspecified atom stereocenters. The van der Waals surface area contributed by atoms with E-state index >= 15 is 0 Å². The molecule has 0 heterocycles. The molecule has 0 spiro atoms. The number of carbonyl (C=O) groups is 2. The van der Waals surface area contributed by atoms with E-state index < -0.39 is 24.5 Å². The van der Waals surface area contributed by atoms with E-state index in [0.717, 1.165) is 0 Å². The molecule has 1 atom stereocenters. The van der Waals surface area contributed by atoms with Crippen LogP contribution >= 0.6 is 0 Å². The molecule has 0 aromatic carbocycles. The van der Waals surface area contributed by atoms with Crippen LogP contribution in [0, 0.1) is 0 Å². The van der Waals surface area contributed by atoms with Gasteiger partial charge in [0.05, 0.1) is 6.42 Å². The summed E-state index contributed by atoms with van der Waals surface area (Å²) in [5, 5.41) is 24.1. The molecule has 0 saturated carbocycles. The standard InChI is InChI=1S/C4H6O5.3Na.3H/c5-2(4(8)9)1-3(6)7;;;;;;/h2,5H,1H2,(H,6,7)(H,8,9);;;;;;/q;3*+1;3*-1. The Labute approximate surface area is 140 Å². The summed E-state index contributed by atoms with van der Waals surface area (Å²) in [6.45, 7) is 0. The first-order valence-electron chi connectivity index (χ1n) is 2.16. The van der Waals surface area contributed by atoms with E-state index in [0.29, 0.717) is 0 Å². The summed E-state index contributed by atoms with van der Waals surface area (Å²) in [6, 6.07) is 0. The molecule has 0 aromatic heterocycles. The summed E-state index contributed by atoms with van der Waals surface area (Å²) >= 11 is 0. The molecule has 5 nitrogen and oxygen atoms in total. The van der Waals surface area contributed by atoms with Crippen LogP contribution in [-0.4, -0.2) is 33.4 Å². The van der Waals surface area contributed by atoms with Crippen LogP contribution < -0.4 is 88.7 Å². The molecule has 0 rings (SSSR count). The van der Waals surface area contributed by atoms with Crippen LogP contribution in [0.2, 0.25) is 0 Å². The smallest absolute Gasteiger partial charge is 1.00 e. The van der Waals surface area contributed by atoms with E-state index in [-0.39, 0.29) is 93.0 Å². The second kappa shape index (κ2) is 12.9. The van der Waals surface area contributed by atoms with E-state index in [2.05, 4.69) is 0 Å². The van der Waals surface area contributed by atoms with Crippen molar-refractivity contribution in [1.29, 1.82) is 0 Å². The third-order valence-corrected chi connectivity index (χ3v) is 0.653. The van der Waals surface area contributed by atoms with E-state index in [9.17, 15) is 9.59 Å². The van der Waals surface area contributed by atoms with E-state index in [1.807, 2.05) is 0 Å². The fraction of sp³-hybridized carbons (Fsp3) is 0.500. The molecule has 0 bridgehead atoms. The topological polar surface area (TPSA) is 94.8 Å². The Morgan fingerprint density at radius 3 is 1.58 bits per heavy atom. The molecule has 0 aliphatic heterocycles. The zero-order valence-electron chi connectivity index (χ0n) is 10.4. The normalized spacial score (nSPS) is 9.42. The van der Waals surface area contributed by atoms with Gasteiger partial charge in [-0.3, -0.25) is 4.79 Å². The molecule has 0 radical (unpaired) electrons. The molecule has 0 aliphatic carbocycles. The largest absolute Gasteiger partial charge is 1.00 e. The number of carboxylic acid groups (broad SMARTS) is 2. The molecule has 0 amide bonds. The first-order valence-corrected chi connectivity index (χ1v) is 2.16. The predicted molar refractivity (Wildman–Crippen MR) is 29.2 cm³/mol. The number of aliphatic hydroxyl groups excluding tert-OH is 1. The third-order valence-electron chi connectivity index (χ3n) is 0.653. The minimum Gasteiger partial charge on any atom is -1.00 e. The van der Waals surface area contributed by atoms with Crippen LogP contribution in [0.25, 0.3) is 0 Å². The maximum atomic E-state index is 9.72. The number of carboxylic acids is 2. The quantitative estimate of drug-likeness (QED) is 0.398. The maximum absolute atomic E-state index is 9.72. The fourth-order valence-corrected chi connectivity index (χ4v) is 0.253. The van der Waals surface area contributed by atoms with Crippen LogP contribution in [0.5, 0.6) is 0 Å². The molecule has 3 N–H and O–H groups in total. The Bertz CT molecular complexity index is 149. The summed E-state index contributed by atoms with van der Waals surface area (Å²) < 4.78 is 0. The van der Waals surface area contributed by atoms with Crippen molar-refractivity contribution in [3.05, 3.63) is 0 Å². The minimum atomic E-state index is -1.79.